The number of fused-ring (bicyclic) bond motifs is 1. The largest absolute Gasteiger partial charge is 0.384 e. The molecule has 1 saturated carbocycles. The van der Waals surface area contributed by atoms with Gasteiger partial charge in [0.15, 0.2) is 0 Å². The van der Waals surface area contributed by atoms with Gasteiger partial charge in [0, 0.05) is 18.8 Å². The van der Waals surface area contributed by atoms with Gasteiger partial charge in [-0.1, -0.05) is 37.5 Å². The zero-order valence-electron chi connectivity index (χ0n) is 10.6. The zero-order valence-corrected chi connectivity index (χ0v) is 10.6. The second kappa shape index (κ2) is 5.01. The van der Waals surface area contributed by atoms with Gasteiger partial charge in [0.1, 0.15) is 0 Å². The molecule has 0 radical (unpaired) electrons. The minimum absolute atomic E-state index is 0.0115. The Morgan fingerprint density at radius 3 is 2.94 bits per heavy atom. The molecule has 0 aromatic heterocycles. The zero-order chi connectivity index (χ0) is 12.4. The molecule has 3 nitrogen and oxygen atoms in total. The molecule has 1 aliphatic heterocycles. The molecule has 1 amide bonds. The molecule has 0 bridgehead atoms. The quantitative estimate of drug-likeness (QED) is 0.854. The van der Waals surface area contributed by atoms with Crippen molar-refractivity contribution in [3.05, 3.63) is 29.8 Å². The van der Waals surface area contributed by atoms with E-state index in [1.54, 1.807) is 0 Å². The summed E-state index contributed by atoms with van der Waals surface area (Å²) < 4.78 is 0. The smallest absolute Gasteiger partial charge is 0.229 e. The first-order valence-electron chi connectivity index (χ1n) is 6.95. The molecule has 1 aliphatic carbocycles. The number of carbonyl (C=O) groups is 1. The van der Waals surface area contributed by atoms with Crippen molar-refractivity contribution in [1.82, 2.24) is 5.32 Å². The lowest BCUT2D eigenvalue weighted by atomic mass is 9.83. The van der Waals surface area contributed by atoms with E-state index in [1.807, 2.05) is 24.3 Å². The van der Waals surface area contributed by atoms with E-state index in [0.717, 1.165) is 36.7 Å². The summed E-state index contributed by atoms with van der Waals surface area (Å²) in [7, 11) is 0. The number of benzene rings is 1. The summed E-state index contributed by atoms with van der Waals surface area (Å²) in [4.78, 5) is 12.1. The predicted molar refractivity (Wildman–Crippen MR) is 72.6 cm³/mol. The van der Waals surface area contributed by atoms with Crippen molar-refractivity contribution in [2.45, 2.75) is 31.6 Å². The molecule has 1 fully saturated rings. The molecule has 96 valence electrons. The molecule has 0 spiro atoms. The van der Waals surface area contributed by atoms with E-state index in [0.29, 0.717) is 0 Å². The van der Waals surface area contributed by atoms with Crippen LogP contribution < -0.4 is 10.6 Å². The fraction of sp³-hybridized carbons (Fsp3) is 0.533. The lowest BCUT2D eigenvalue weighted by molar-refractivity contribution is -0.122. The second-order valence-electron chi connectivity index (χ2n) is 5.40. The first kappa shape index (κ1) is 11.6. The van der Waals surface area contributed by atoms with Gasteiger partial charge in [-0.3, -0.25) is 4.79 Å². The van der Waals surface area contributed by atoms with Crippen LogP contribution in [0.1, 0.15) is 37.2 Å². The van der Waals surface area contributed by atoms with Crippen LogP contribution in [0.25, 0.3) is 0 Å². The highest BCUT2D eigenvalue weighted by Crippen LogP contribution is 2.31. The summed E-state index contributed by atoms with van der Waals surface area (Å²) in [5.74, 6) is 1.02. The van der Waals surface area contributed by atoms with Gasteiger partial charge >= 0.3 is 0 Å². The Bertz CT molecular complexity index is 440. The Morgan fingerprint density at radius 1 is 1.33 bits per heavy atom. The highest BCUT2D eigenvalue weighted by Gasteiger charge is 2.28. The topological polar surface area (TPSA) is 41.1 Å². The van der Waals surface area contributed by atoms with E-state index >= 15 is 0 Å². The van der Waals surface area contributed by atoms with Crippen LogP contribution in [-0.2, 0) is 4.79 Å². The van der Waals surface area contributed by atoms with Crippen molar-refractivity contribution >= 4 is 11.6 Å². The maximum absolute atomic E-state index is 12.1. The third-order valence-corrected chi connectivity index (χ3v) is 4.23. The highest BCUT2D eigenvalue weighted by atomic mass is 16.1. The summed E-state index contributed by atoms with van der Waals surface area (Å²) in [5.41, 5.74) is 2.25. The van der Waals surface area contributed by atoms with E-state index in [1.165, 1.54) is 19.3 Å². The Kier molecular flexibility index (Phi) is 3.22. The van der Waals surface area contributed by atoms with Crippen molar-refractivity contribution in [2.24, 2.45) is 5.92 Å². The number of amides is 1. The van der Waals surface area contributed by atoms with E-state index < -0.39 is 0 Å². The van der Waals surface area contributed by atoms with Gasteiger partial charge in [-0.15, -0.1) is 0 Å². The summed E-state index contributed by atoms with van der Waals surface area (Å²) >= 11 is 0. The summed E-state index contributed by atoms with van der Waals surface area (Å²) in [6.45, 7) is 1.57. The molecule has 0 saturated heterocycles. The first-order chi connectivity index (χ1) is 8.84. The first-order valence-corrected chi connectivity index (χ1v) is 6.95. The molecule has 2 aliphatic rings. The minimum atomic E-state index is -0.0115. The Hall–Kier alpha value is -1.51. The molecule has 2 N–H and O–H groups in total. The van der Waals surface area contributed by atoms with Crippen LogP contribution in [0.5, 0.6) is 0 Å². The molecular weight excluding hydrogens is 224 g/mol. The number of carbonyl (C=O) groups excluding carboxylic acids is 1. The van der Waals surface area contributed by atoms with Crippen LogP contribution in [-0.4, -0.2) is 19.0 Å². The molecule has 1 atom stereocenters. The fourth-order valence-corrected chi connectivity index (χ4v) is 2.82. The normalized spacial score (nSPS) is 21.9. The Balaban J connectivity index is 1.53. The van der Waals surface area contributed by atoms with Gasteiger partial charge in [0.25, 0.3) is 0 Å². The van der Waals surface area contributed by atoms with Crippen molar-refractivity contribution < 1.29 is 4.79 Å². The number of rotatable bonds is 4. The monoisotopic (exact) mass is 244 g/mol. The van der Waals surface area contributed by atoms with Gasteiger partial charge in [0.2, 0.25) is 5.91 Å². The number of para-hydroxylation sites is 1. The standard InChI is InChI=1S/C15H20N2O/c18-15(16-9-8-11-4-3-5-11)13-10-17-14-7-2-1-6-12(13)14/h1-2,6-7,11,13,17H,3-5,8-10H2,(H,16,18). The molecule has 1 aromatic carbocycles. The van der Waals surface area contributed by atoms with Crippen molar-refractivity contribution in [3.8, 4) is 0 Å². The third kappa shape index (κ3) is 2.22. The average molecular weight is 244 g/mol. The number of hydrogen-bond acceptors (Lipinski definition) is 2. The highest BCUT2D eigenvalue weighted by molar-refractivity contribution is 5.88. The van der Waals surface area contributed by atoms with Crippen LogP contribution >= 0.6 is 0 Å². The van der Waals surface area contributed by atoms with Gasteiger partial charge < -0.3 is 10.6 Å². The van der Waals surface area contributed by atoms with Gasteiger partial charge in [-0.25, -0.2) is 0 Å². The molecular formula is C15H20N2O. The van der Waals surface area contributed by atoms with Gasteiger partial charge in [-0.2, -0.15) is 0 Å². The molecule has 1 heterocycles. The van der Waals surface area contributed by atoms with E-state index in [-0.39, 0.29) is 11.8 Å². The van der Waals surface area contributed by atoms with Crippen molar-refractivity contribution in [2.75, 3.05) is 18.4 Å². The lowest BCUT2D eigenvalue weighted by Gasteiger charge is -2.25. The summed E-state index contributed by atoms with van der Waals surface area (Å²) in [5, 5.41) is 6.38. The van der Waals surface area contributed by atoms with Gasteiger partial charge in [0.05, 0.1) is 5.92 Å². The second-order valence-corrected chi connectivity index (χ2v) is 5.40. The lowest BCUT2D eigenvalue weighted by Crippen LogP contribution is -2.32. The fourth-order valence-electron chi connectivity index (χ4n) is 2.82. The Labute approximate surface area is 108 Å². The van der Waals surface area contributed by atoms with Crippen LogP contribution in [0.3, 0.4) is 0 Å². The maximum Gasteiger partial charge on any atom is 0.229 e. The van der Waals surface area contributed by atoms with Crippen LogP contribution in [0.15, 0.2) is 24.3 Å². The van der Waals surface area contributed by atoms with Crippen LogP contribution in [0.4, 0.5) is 5.69 Å². The van der Waals surface area contributed by atoms with Crippen molar-refractivity contribution in [1.29, 1.82) is 0 Å². The summed E-state index contributed by atoms with van der Waals surface area (Å²) in [6.07, 6.45) is 5.22. The maximum atomic E-state index is 12.1. The molecule has 3 heteroatoms. The van der Waals surface area contributed by atoms with Crippen molar-refractivity contribution in [3.63, 3.8) is 0 Å². The minimum Gasteiger partial charge on any atom is -0.384 e. The third-order valence-electron chi connectivity index (χ3n) is 4.23. The number of nitrogens with one attached hydrogen (secondary N) is 2. The summed E-state index contributed by atoms with van der Waals surface area (Å²) in [6, 6.07) is 8.09. The number of hydrogen-bond donors (Lipinski definition) is 2. The van der Waals surface area contributed by atoms with E-state index in [4.69, 9.17) is 0 Å². The average Bonchev–Trinajstić information content (AvgIpc) is 2.76. The van der Waals surface area contributed by atoms with E-state index in [9.17, 15) is 4.79 Å². The molecule has 3 rings (SSSR count). The SMILES string of the molecule is O=C(NCCC1CCC1)C1CNc2ccccc21. The van der Waals surface area contributed by atoms with Gasteiger partial charge in [-0.05, 0) is 24.0 Å². The molecule has 18 heavy (non-hydrogen) atoms. The Morgan fingerprint density at radius 2 is 2.17 bits per heavy atom. The van der Waals surface area contributed by atoms with Crippen LogP contribution in [0.2, 0.25) is 0 Å². The molecule has 1 unspecified atom stereocenters. The number of anilines is 1. The molecule has 1 aromatic rings. The predicted octanol–water partition coefficient (Wildman–Crippen LogP) is 2.50. The van der Waals surface area contributed by atoms with E-state index in [2.05, 4.69) is 10.6 Å². The van der Waals surface area contributed by atoms with Crippen LogP contribution in [0, 0.1) is 5.92 Å².